The number of Topliss-reactive ketones (excluding diaryl/α,β-unsaturated/α-hetero) is 1. The number of likely N-dealkylation sites (tertiary alicyclic amines) is 1. The maximum absolute atomic E-state index is 14.6. The molecule has 0 unspecified atom stereocenters. The normalized spacial score (nSPS) is 47.2. The first-order valence-electron chi connectivity index (χ1n) is 22.2. The number of hydrogen-bond acceptors (Lipinski definition) is 14. The molecule has 0 aromatic heterocycles. The van der Waals surface area contributed by atoms with Crippen molar-refractivity contribution in [3.05, 3.63) is 0 Å². The van der Waals surface area contributed by atoms with E-state index in [0.717, 1.165) is 32.4 Å². The van der Waals surface area contributed by atoms with E-state index in [1.54, 1.807) is 41.9 Å². The molecule has 0 radical (unpaired) electrons. The van der Waals surface area contributed by atoms with Crippen LogP contribution in [0.15, 0.2) is 0 Å². The molecule has 5 fully saturated rings. The number of aliphatic hydroxyl groups excluding tert-OH is 1. The molecule has 0 aliphatic carbocycles. The van der Waals surface area contributed by atoms with Crippen molar-refractivity contribution in [2.75, 3.05) is 41.4 Å². The number of piperidine rings is 1. The van der Waals surface area contributed by atoms with Gasteiger partial charge in [0.25, 0.3) is 0 Å². The Morgan fingerprint density at radius 1 is 0.881 bits per heavy atom. The lowest BCUT2D eigenvalue weighted by Gasteiger charge is -2.52. The zero-order chi connectivity index (χ0) is 43.8. The Kier molecular flexibility index (Phi) is 15.7. The minimum Gasteiger partial charge on any atom is -0.458 e. The third-order valence-corrected chi connectivity index (χ3v) is 14.7. The largest absolute Gasteiger partial charge is 0.458 e. The molecule has 18 atom stereocenters. The van der Waals surface area contributed by atoms with Crippen molar-refractivity contribution < 1.29 is 57.4 Å². The number of aliphatic hydroxyl groups is 1. The molecule has 340 valence electrons. The summed E-state index contributed by atoms with van der Waals surface area (Å²) in [6, 6.07) is -0.747. The molecular weight excluding hydrogens is 762 g/mol. The number of alkyl carbamates (subject to hydrolysis) is 1. The first kappa shape index (κ1) is 48.1. The monoisotopic (exact) mass is 840 g/mol. The van der Waals surface area contributed by atoms with Crippen LogP contribution in [0.5, 0.6) is 0 Å². The number of hydrogen-bond donors (Lipinski definition) is 2. The van der Waals surface area contributed by atoms with E-state index in [9.17, 15) is 19.5 Å². The van der Waals surface area contributed by atoms with Gasteiger partial charge in [0.05, 0.1) is 53.6 Å². The molecule has 5 aliphatic rings. The Bertz CT molecular complexity index is 1450. The number of fused-ring (bicyclic) bond motifs is 1. The van der Waals surface area contributed by atoms with Gasteiger partial charge in [0.1, 0.15) is 18.0 Å². The van der Waals surface area contributed by atoms with Crippen LogP contribution < -0.4 is 5.32 Å². The van der Waals surface area contributed by atoms with Crippen molar-refractivity contribution in [2.24, 2.45) is 23.7 Å². The Hall–Kier alpha value is -1.95. The van der Waals surface area contributed by atoms with Gasteiger partial charge in [-0.25, -0.2) is 4.79 Å². The second-order valence-corrected chi connectivity index (χ2v) is 19.3. The second-order valence-electron chi connectivity index (χ2n) is 19.3. The number of amides is 1. The van der Waals surface area contributed by atoms with Crippen LogP contribution in [0.4, 0.5) is 4.79 Å². The number of esters is 1. The average molecular weight is 840 g/mol. The van der Waals surface area contributed by atoms with Gasteiger partial charge < -0.3 is 53.2 Å². The van der Waals surface area contributed by atoms with Gasteiger partial charge in [0.15, 0.2) is 18.2 Å². The fraction of sp³-hybridized carbons (Fsp3) is 0.932. The molecule has 15 heteroatoms. The van der Waals surface area contributed by atoms with E-state index in [2.05, 4.69) is 36.1 Å². The minimum absolute atomic E-state index is 0.0954. The van der Waals surface area contributed by atoms with E-state index in [1.165, 1.54) is 6.42 Å². The lowest BCUT2D eigenvalue weighted by atomic mass is 9.73. The maximum Gasteiger partial charge on any atom is 0.408 e. The van der Waals surface area contributed by atoms with Crippen molar-refractivity contribution in [1.29, 1.82) is 0 Å². The second kappa shape index (κ2) is 19.2. The Labute approximate surface area is 353 Å². The number of carbonyl (C=O) groups is 3. The topological polar surface area (TPSA) is 164 Å². The standard InChI is InChI=1S/C44H77N3O12/c1-15-31-44(10)36(45-41(51)59-44)26(4)34(48)24(2)22-43(9,53-14)38(58-40-33(46(11)12)30(21-25(3)54-40)47-19-17-16-18-20-47)27(5)35(28(6)39(50)56-31)57-32-23-42(8,52-13)37(49)29(7)55-32/h24-33,35-38,40,49H,15-23H2,1-14H3,(H,45,51)/t24-,25-,26+,27+,28-,29+,30-,31-,32+,33+,35+,36-,37+,38-,40+,42-,43+,44-/m1/s1. The van der Waals surface area contributed by atoms with Crippen molar-refractivity contribution in [2.45, 2.75) is 198 Å². The molecule has 5 saturated heterocycles. The number of nitrogens with one attached hydrogen (secondary N) is 1. The molecule has 0 aromatic carbocycles. The van der Waals surface area contributed by atoms with Gasteiger partial charge in [0.2, 0.25) is 0 Å². The number of ketones is 1. The van der Waals surface area contributed by atoms with Gasteiger partial charge in [-0.15, -0.1) is 0 Å². The zero-order valence-corrected chi connectivity index (χ0v) is 38.4. The summed E-state index contributed by atoms with van der Waals surface area (Å²) in [5, 5.41) is 14.0. The fourth-order valence-electron chi connectivity index (χ4n) is 11.0. The van der Waals surface area contributed by atoms with Gasteiger partial charge in [-0.3, -0.25) is 14.5 Å². The van der Waals surface area contributed by atoms with E-state index in [1.807, 2.05) is 34.6 Å². The summed E-state index contributed by atoms with van der Waals surface area (Å²) in [5.74, 6) is -3.42. The Morgan fingerprint density at radius 2 is 1.53 bits per heavy atom. The van der Waals surface area contributed by atoms with Gasteiger partial charge in [-0.2, -0.15) is 0 Å². The molecule has 1 amide bonds. The van der Waals surface area contributed by atoms with Gasteiger partial charge in [0, 0.05) is 44.4 Å². The summed E-state index contributed by atoms with van der Waals surface area (Å²) >= 11 is 0. The first-order valence-corrected chi connectivity index (χ1v) is 22.2. The molecule has 5 heterocycles. The van der Waals surface area contributed by atoms with Gasteiger partial charge in [-0.1, -0.05) is 34.1 Å². The van der Waals surface area contributed by atoms with Crippen LogP contribution in [-0.2, 0) is 47.5 Å². The van der Waals surface area contributed by atoms with Gasteiger partial charge >= 0.3 is 12.1 Å². The summed E-state index contributed by atoms with van der Waals surface area (Å²) in [6.45, 7) is 20.6. The number of methoxy groups -OCH3 is 2. The SMILES string of the molecule is CC[C@H]1OC(=O)[C@H](C)[C@@H](O[C@H]2C[C@@](C)(OC)[C@@H](O)[C@H](C)O2)[C@H](C)[C@@H](O[C@@H]2O[C@H](C)C[C@@H](N3CCCCC3)[C@@H]2N(C)C)[C@@](C)(OC)C[C@@H](C)C(=O)[C@H](C)[C@H]2NC(=O)O[C@@]21C. The van der Waals surface area contributed by atoms with Crippen LogP contribution in [0.3, 0.4) is 0 Å². The van der Waals surface area contributed by atoms with Crippen LogP contribution in [-0.4, -0.2) is 158 Å². The van der Waals surface area contributed by atoms with Crippen molar-refractivity contribution in [3.63, 3.8) is 0 Å². The predicted octanol–water partition coefficient (Wildman–Crippen LogP) is 4.69. The van der Waals surface area contributed by atoms with E-state index in [-0.39, 0.29) is 36.8 Å². The molecule has 0 saturated carbocycles. The third kappa shape index (κ3) is 9.83. The maximum atomic E-state index is 14.6. The lowest BCUT2D eigenvalue weighted by molar-refractivity contribution is -0.314. The molecule has 0 spiro atoms. The molecule has 0 aromatic rings. The quantitative estimate of drug-likeness (QED) is 0.308. The zero-order valence-electron chi connectivity index (χ0n) is 38.4. The highest BCUT2D eigenvalue weighted by atomic mass is 16.7. The lowest BCUT2D eigenvalue weighted by Crippen LogP contribution is -2.64. The number of likely N-dealkylation sites (N-methyl/N-ethyl adjacent to an activating group) is 1. The number of rotatable bonds is 9. The molecule has 15 nitrogen and oxygen atoms in total. The molecule has 0 bridgehead atoms. The first-order chi connectivity index (χ1) is 27.6. The summed E-state index contributed by atoms with van der Waals surface area (Å²) in [7, 11) is 7.28. The number of carbonyl (C=O) groups excluding carboxylic acids is 3. The van der Waals surface area contributed by atoms with E-state index in [0.29, 0.717) is 6.42 Å². The average Bonchev–Trinajstić information content (AvgIpc) is 3.52. The molecule has 2 N–H and O–H groups in total. The molecular formula is C44H77N3O12. The summed E-state index contributed by atoms with van der Waals surface area (Å²) < 4.78 is 52.0. The summed E-state index contributed by atoms with van der Waals surface area (Å²) in [4.78, 5) is 46.9. The number of cyclic esters (lactones) is 1. The fourth-order valence-corrected chi connectivity index (χ4v) is 11.0. The highest BCUT2D eigenvalue weighted by molar-refractivity contribution is 5.85. The highest BCUT2D eigenvalue weighted by Crippen LogP contribution is 2.43. The van der Waals surface area contributed by atoms with Crippen molar-refractivity contribution >= 4 is 17.8 Å². The van der Waals surface area contributed by atoms with Crippen LogP contribution in [0, 0.1) is 23.7 Å². The van der Waals surface area contributed by atoms with E-state index in [4.69, 9.17) is 37.9 Å². The van der Waals surface area contributed by atoms with Crippen LogP contribution in [0.25, 0.3) is 0 Å². The third-order valence-electron chi connectivity index (χ3n) is 14.7. The van der Waals surface area contributed by atoms with Crippen LogP contribution >= 0.6 is 0 Å². The summed E-state index contributed by atoms with van der Waals surface area (Å²) in [6.07, 6.45) is -1.43. The van der Waals surface area contributed by atoms with Crippen LogP contribution in [0.1, 0.15) is 114 Å². The predicted molar refractivity (Wildman–Crippen MR) is 219 cm³/mol. The highest BCUT2D eigenvalue weighted by Gasteiger charge is 2.58. The minimum atomic E-state index is -1.34. The summed E-state index contributed by atoms with van der Waals surface area (Å²) in [5.41, 5.74) is -3.46. The van der Waals surface area contributed by atoms with E-state index < -0.39 is 102 Å². The van der Waals surface area contributed by atoms with Crippen molar-refractivity contribution in [3.8, 4) is 0 Å². The molecule has 59 heavy (non-hydrogen) atoms. The van der Waals surface area contributed by atoms with Gasteiger partial charge in [-0.05, 0) is 101 Å². The number of nitrogens with zero attached hydrogens (tertiary/aromatic N) is 2. The van der Waals surface area contributed by atoms with E-state index >= 15 is 0 Å². The number of ether oxygens (including phenoxy) is 8. The Balaban J connectivity index is 1.64. The molecule has 5 aliphatic heterocycles. The molecule has 5 rings (SSSR count). The smallest absolute Gasteiger partial charge is 0.408 e. The van der Waals surface area contributed by atoms with Crippen LogP contribution in [0.2, 0.25) is 0 Å². The van der Waals surface area contributed by atoms with Crippen molar-refractivity contribution in [1.82, 2.24) is 15.1 Å². The Morgan fingerprint density at radius 3 is 2.12 bits per heavy atom.